The van der Waals surface area contributed by atoms with Crippen molar-refractivity contribution in [2.45, 2.75) is 13.8 Å². The normalized spacial score (nSPS) is 10.1. The molecule has 3 nitrogen and oxygen atoms in total. The van der Waals surface area contributed by atoms with Gasteiger partial charge in [-0.05, 0) is 25.5 Å². The molecule has 0 saturated carbocycles. The van der Waals surface area contributed by atoms with E-state index < -0.39 is 0 Å². The molecule has 0 aliphatic heterocycles. The maximum absolute atomic E-state index is 11.9. The van der Waals surface area contributed by atoms with Crippen molar-refractivity contribution in [2.75, 3.05) is 20.1 Å². The molecule has 0 heterocycles. The molecule has 2 N–H and O–H groups in total. The van der Waals surface area contributed by atoms with Gasteiger partial charge in [-0.25, -0.2) is 0 Å². The summed E-state index contributed by atoms with van der Waals surface area (Å²) in [6, 6.07) is 5.85. The maximum atomic E-state index is 11.9. The van der Waals surface area contributed by atoms with Crippen LogP contribution in [0.1, 0.15) is 21.5 Å². The Morgan fingerprint density at radius 1 is 1.40 bits per heavy atom. The van der Waals surface area contributed by atoms with Crippen molar-refractivity contribution >= 4 is 5.91 Å². The molecule has 1 aromatic carbocycles. The van der Waals surface area contributed by atoms with Gasteiger partial charge in [-0.15, -0.1) is 0 Å². The number of hydrogen-bond acceptors (Lipinski definition) is 2. The lowest BCUT2D eigenvalue weighted by Gasteiger charge is -2.17. The van der Waals surface area contributed by atoms with Crippen LogP contribution < -0.4 is 5.73 Å². The summed E-state index contributed by atoms with van der Waals surface area (Å²) in [5, 5.41) is 0. The van der Waals surface area contributed by atoms with E-state index in [0.29, 0.717) is 13.1 Å². The number of aryl methyl sites for hydroxylation is 2. The second-order valence-electron chi connectivity index (χ2n) is 3.83. The smallest absolute Gasteiger partial charge is 0.253 e. The Kier molecular flexibility index (Phi) is 3.86. The predicted molar refractivity (Wildman–Crippen MR) is 61.9 cm³/mol. The van der Waals surface area contributed by atoms with E-state index >= 15 is 0 Å². The molecule has 1 rings (SSSR count). The van der Waals surface area contributed by atoms with Crippen LogP contribution in [0.4, 0.5) is 0 Å². The molecule has 0 aliphatic carbocycles. The van der Waals surface area contributed by atoms with Crippen molar-refractivity contribution in [2.24, 2.45) is 5.73 Å². The van der Waals surface area contributed by atoms with Crippen molar-refractivity contribution in [3.63, 3.8) is 0 Å². The van der Waals surface area contributed by atoms with Crippen LogP contribution >= 0.6 is 0 Å². The third-order valence-electron chi connectivity index (χ3n) is 2.42. The van der Waals surface area contributed by atoms with Gasteiger partial charge in [0.15, 0.2) is 0 Å². The Morgan fingerprint density at radius 2 is 2.07 bits per heavy atom. The van der Waals surface area contributed by atoms with Crippen molar-refractivity contribution in [1.29, 1.82) is 0 Å². The molecule has 0 atom stereocenters. The van der Waals surface area contributed by atoms with Gasteiger partial charge >= 0.3 is 0 Å². The predicted octanol–water partition coefficient (Wildman–Crippen LogP) is 1.33. The molecular formula is C12H18N2O. The topological polar surface area (TPSA) is 46.3 Å². The van der Waals surface area contributed by atoms with Crippen LogP contribution in [0, 0.1) is 13.8 Å². The molecule has 1 aromatic rings. The third kappa shape index (κ3) is 2.80. The van der Waals surface area contributed by atoms with Crippen molar-refractivity contribution in [1.82, 2.24) is 4.90 Å². The van der Waals surface area contributed by atoms with Crippen LogP contribution in [0.2, 0.25) is 0 Å². The fourth-order valence-corrected chi connectivity index (χ4v) is 1.55. The molecule has 0 fully saturated rings. The van der Waals surface area contributed by atoms with E-state index in [-0.39, 0.29) is 5.91 Å². The van der Waals surface area contributed by atoms with Crippen LogP contribution in [0.3, 0.4) is 0 Å². The Hall–Kier alpha value is -1.35. The lowest BCUT2D eigenvalue weighted by molar-refractivity contribution is 0.0798. The fraction of sp³-hybridized carbons (Fsp3) is 0.417. The second-order valence-corrected chi connectivity index (χ2v) is 3.83. The van der Waals surface area contributed by atoms with Crippen LogP contribution in [0.15, 0.2) is 18.2 Å². The van der Waals surface area contributed by atoms with Gasteiger partial charge < -0.3 is 10.6 Å². The van der Waals surface area contributed by atoms with E-state index in [9.17, 15) is 4.79 Å². The molecule has 15 heavy (non-hydrogen) atoms. The minimum absolute atomic E-state index is 0.0398. The van der Waals surface area contributed by atoms with E-state index in [1.54, 1.807) is 11.9 Å². The number of rotatable bonds is 3. The zero-order valence-corrected chi connectivity index (χ0v) is 9.58. The Morgan fingerprint density at radius 3 is 2.60 bits per heavy atom. The average molecular weight is 206 g/mol. The van der Waals surface area contributed by atoms with E-state index in [1.165, 1.54) is 5.56 Å². The highest BCUT2D eigenvalue weighted by Crippen LogP contribution is 2.12. The first-order chi connectivity index (χ1) is 7.06. The van der Waals surface area contributed by atoms with Crippen molar-refractivity contribution in [3.05, 3.63) is 34.9 Å². The number of nitrogens with two attached hydrogens (primary N) is 1. The first-order valence-corrected chi connectivity index (χ1v) is 5.09. The molecule has 0 unspecified atom stereocenters. The number of likely N-dealkylation sites (N-methyl/N-ethyl adjacent to an activating group) is 1. The highest BCUT2D eigenvalue weighted by atomic mass is 16.2. The molecule has 0 aromatic heterocycles. The minimum atomic E-state index is 0.0398. The van der Waals surface area contributed by atoms with Crippen LogP contribution in [0.5, 0.6) is 0 Å². The Balaban J connectivity index is 2.91. The second kappa shape index (κ2) is 4.94. The third-order valence-corrected chi connectivity index (χ3v) is 2.42. The van der Waals surface area contributed by atoms with E-state index in [4.69, 9.17) is 5.73 Å². The largest absolute Gasteiger partial charge is 0.340 e. The number of carbonyl (C=O) groups excluding carboxylic acids is 1. The van der Waals surface area contributed by atoms with Gasteiger partial charge in [-0.3, -0.25) is 4.79 Å². The van der Waals surface area contributed by atoms with Crippen molar-refractivity contribution in [3.8, 4) is 0 Å². The van der Waals surface area contributed by atoms with Gasteiger partial charge in [0.2, 0.25) is 0 Å². The molecule has 0 aliphatic rings. The summed E-state index contributed by atoms with van der Waals surface area (Å²) in [4.78, 5) is 13.6. The summed E-state index contributed by atoms with van der Waals surface area (Å²) in [5.74, 6) is 0.0398. The monoisotopic (exact) mass is 206 g/mol. The summed E-state index contributed by atoms with van der Waals surface area (Å²) in [6.07, 6.45) is 0. The first kappa shape index (κ1) is 11.7. The van der Waals surface area contributed by atoms with Crippen molar-refractivity contribution < 1.29 is 4.79 Å². The Bertz CT molecular complexity index is 361. The summed E-state index contributed by atoms with van der Waals surface area (Å²) in [5.41, 5.74) is 8.36. The summed E-state index contributed by atoms with van der Waals surface area (Å²) in [6.45, 7) is 5.06. The van der Waals surface area contributed by atoms with E-state index in [0.717, 1.165) is 11.1 Å². The van der Waals surface area contributed by atoms with Gasteiger partial charge in [0.25, 0.3) is 5.91 Å². The lowest BCUT2D eigenvalue weighted by Crippen LogP contribution is -2.32. The zero-order valence-electron chi connectivity index (χ0n) is 9.58. The SMILES string of the molecule is Cc1ccc(C(=O)N(C)CCN)c(C)c1. The minimum Gasteiger partial charge on any atom is -0.340 e. The van der Waals surface area contributed by atoms with Gasteiger partial charge in [-0.2, -0.15) is 0 Å². The fourth-order valence-electron chi connectivity index (χ4n) is 1.55. The molecule has 3 heteroatoms. The standard InChI is InChI=1S/C12H18N2O/c1-9-4-5-11(10(2)8-9)12(15)14(3)7-6-13/h4-5,8H,6-7,13H2,1-3H3. The molecule has 0 saturated heterocycles. The molecule has 82 valence electrons. The van der Waals surface area contributed by atoms with E-state index in [2.05, 4.69) is 0 Å². The lowest BCUT2D eigenvalue weighted by atomic mass is 10.0. The van der Waals surface area contributed by atoms with E-state index in [1.807, 2.05) is 32.0 Å². The van der Waals surface area contributed by atoms with Crippen LogP contribution in [0.25, 0.3) is 0 Å². The van der Waals surface area contributed by atoms with Gasteiger partial charge in [0.05, 0.1) is 0 Å². The van der Waals surface area contributed by atoms with Gasteiger partial charge in [-0.1, -0.05) is 17.7 Å². The van der Waals surface area contributed by atoms with Gasteiger partial charge in [0, 0.05) is 25.7 Å². The summed E-state index contributed by atoms with van der Waals surface area (Å²) < 4.78 is 0. The van der Waals surface area contributed by atoms with Gasteiger partial charge in [0.1, 0.15) is 0 Å². The highest BCUT2D eigenvalue weighted by Gasteiger charge is 2.12. The number of amides is 1. The Labute approximate surface area is 90.9 Å². The molecular weight excluding hydrogens is 188 g/mol. The quantitative estimate of drug-likeness (QED) is 0.811. The summed E-state index contributed by atoms with van der Waals surface area (Å²) >= 11 is 0. The number of nitrogens with zero attached hydrogens (tertiary/aromatic N) is 1. The number of benzene rings is 1. The van der Waals surface area contributed by atoms with Crippen LogP contribution in [-0.2, 0) is 0 Å². The molecule has 1 amide bonds. The highest BCUT2D eigenvalue weighted by molar-refractivity contribution is 5.95. The molecule has 0 spiro atoms. The summed E-state index contributed by atoms with van der Waals surface area (Å²) in [7, 11) is 1.77. The van der Waals surface area contributed by atoms with Crippen LogP contribution in [-0.4, -0.2) is 30.9 Å². The maximum Gasteiger partial charge on any atom is 0.253 e. The molecule has 0 radical (unpaired) electrons. The average Bonchev–Trinajstić information content (AvgIpc) is 2.17. The molecule has 0 bridgehead atoms. The zero-order chi connectivity index (χ0) is 11.4. The number of hydrogen-bond donors (Lipinski definition) is 1. The first-order valence-electron chi connectivity index (χ1n) is 5.09. The number of carbonyl (C=O) groups is 1.